The Morgan fingerprint density at radius 2 is 1.91 bits per heavy atom. The van der Waals surface area contributed by atoms with Gasteiger partial charge in [0.05, 0.1) is 10.6 Å². The predicted molar refractivity (Wildman–Crippen MR) is 81.3 cm³/mol. The number of hydrogen-bond donors (Lipinski definition) is 0. The average molecular weight is 344 g/mol. The van der Waals surface area contributed by atoms with Gasteiger partial charge >= 0.3 is 6.18 Å². The molecule has 0 aliphatic rings. The molecule has 1 aromatic carbocycles. The number of carbonyl (C=O) groups excluding carboxylic acids is 1. The quantitative estimate of drug-likeness (QED) is 0.586. The zero-order valence-corrected chi connectivity index (χ0v) is 13.1. The van der Waals surface area contributed by atoms with E-state index < -0.39 is 17.5 Å². The molecule has 0 aliphatic heterocycles. The van der Waals surface area contributed by atoms with E-state index in [1.54, 1.807) is 25.2 Å². The summed E-state index contributed by atoms with van der Waals surface area (Å²) in [7, 11) is 3.50. The third kappa shape index (κ3) is 4.16. The highest BCUT2D eigenvalue weighted by Crippen LogP contribution is 2.36. The first-order chi connectivity index (χ1) is 10.7. The number of carbonyl (C=O) groups is 1. The maximum Gasteiger partial charge on any atom is 0.416 e. The molecule has 2 aromatic rings. The number of hydrogen-bond acceptors (Lipinski definition) is 3. The summed E-state index contributed by atoms with van der Waals surface area (Å²) in [5.74, 6) is -0.276. The molecule has 0 saturated carbocycles. The molecule has 0 N–H and O–H groups in total. The normalized spacial score (nSPS) is 11.9. The average Bonchev–Trinajstić information content (AvgIpc) is 2.93. The summed E-state index contributed by atoms with van der Waals surface area (Å²) in [4.78, 5) is 13.6. The van der Waals surface area contributed by atoms with Gasteiger partial charge in [0.2, 0.25) is 5.78 Å². The van der Waals surface area contributed by atoms with Crippen LogP contribution in [0.4, 0.5) is 13.2 Å². The highest BCUT2D eigenvalue weighted by molar-refractivity contribution is 6.33. The SMILES string of the molecule is CN(C)/C=C/C(=O)c1ccc(-c2cc(C(F)(F)F)ccc2Cl)o1. The molecule has 0 amide bonds. The summed E-state index contributed by atoms with van der Waals surface area (Å²) in [5.41, 5.74) is -0.759. The largest absolute Gasteiger partial charge is 0.453 e. The minimum atomic E-state index is -4.49. The van der Waals surface area contributed by atoms with E-state index in [0.29, 0.717) is 0 Å². The van der Waals surface area contributed by atoms with Crippen molar-refractivity contribution in [2.45, 2.75) is 6.18 Å². The number of alkyl halides is 3. The predicted octanol–water partition coefficient (Wildman–Crippen LogP) is 4.88. The van der Waals surface area contributed by atoms with E-state index in [2.05, 4.69) is 0 Å². The Bertz CT molecular complexity index is 748. The van der Waals surface area contributed by atoms with Crippen molar-refractivity contribution in [1.29, 1.82) is 0 Å². The lowest BCUT2D eigenvalue weighted by molar-refractivity contribution is -0.137. The maximum atomic E-state index is 12.8. The highest BCUT2D eigenvalue weighted by Gasteiger charge is 2.31. The van der Waals surface area contributed by atoms with Gasteiger partial charge < -0.3 is 9.32 Å². The van der Waals surface area contributed by atoms with E-state index >= 15 is 0 Å². The fourth-order valence-electron chi connectivity index (χ4n) is 1.80. The van der Waals surface area contributed by atoms with Gasteiger partial charge in [-0.25, -0.2) is 0 Å². The Morgan fingerprint density at radius 1 is 1.22 bits per heavy atom. The molecule has 0 atom stereocenters. The monoisotopic (exact) mass is 343 g/mol. The number of benzene rings is 1. The van der Waals surface area contributed by atoms with Crippen molar-refractivity contribution in [3.63, 3.8) is 0 Å². The zero-order valence-electron chi connectivity index (χ0n) is 12.3. The molecule has 1 aromatic heterocycles. The summed E-state index contributed by atoms with van der Waals surface area (Å²) < 4.78 is 43.7. The first-order valence-electron chi connectivity index (χ1n) is 6.54. The lowest BCUT2D eigenvalue weighted by Crippen LogP contribution is -2.04. The molecule has 122 valence electrons. The highest BCUT2D eigenvalue weighted by atomic mass is 35.5. The van der Waals surface area contributed by atoms with Crippen LogP contribution in [0.15, 0.2) is 47.0 Å². The van der Waals surface area contributed by atoms with Gasteiger partial charge in [0.15, 0.2) is 5.76 Å². The summed E-state index contributed by atoms with van der Waals surface area (Å²) in [6.07, 6.45) is -1.64. The first-order valence-corrected chi connectivity index (χ1v) is 6.92. The van der Waals surface area contributed by atoms with Gasteiger partial charge in [0, 0.05) is 31.9 Å². The molecule has 2 rings (SSSR count). The van der Waals surface area contributed by atoms with E-state index in [0.717, 1.165) is 18.2 Å². The van der Waals surface area contributed by atoms with Gasteiger partial charge in [-0.2, -0.15) is 13.2 Å². The fourth-order valence-corrected chi connectivity index (χ4v) is 2.02. The number of furan rings is 1. The van der Waals surface area contributed by atoms with Crippen LogP contribution in [0.25, 0.3) is 11.3 Å². The molecular formula is C16H13ClF3NO2. The van der Waals surface area contributed by atoms with Crippen LogP contribution in [0.2, 0.25) is 5.02 Å². The molecule has 0 radical (unpaired) electrons. The van der Waals surface area contributed by atoms with Crippen LogP contribution >= 0.6 is 11.6 Å². The Hall–Kier alpha value is -2.21. The zero-order chi connectivity index (χ0) is 17.2. The minimum Gasteiger partial charge on any atom is -0.453 e. The lowest BCUT2D eigenvalue weighted by atomic mass is 10.1. The Balaban J connectivity index is 2.36. The van der Waals surface area contributed by atoms with Crippen molar-refractivity contribution < 1.29 is 22.4 Å². The molecule has 23 heavy (non-hydrogen) atoms. The van der Waals surface area contributed by atoms with Gasteiger partial charge in [-0.1, -0.05) is 11.6 Å². The summed E-state index contributed by atoms with van der Waals surface area (Å²) in [5, 5.41) is 0.107. The van der Waals surface area contributed by atoms with E-state index in [1.807, 2.05) is 0 Å². The molecule has 0 unspecified atom stereocenters. The van der Waals surface area contributed by atoms with Crippen LogP contribution in [-0.4, -0.2) is 24.8 Å². The van der Waals surface area contributed by atoms with E-state index in [-0.39, 0.29) is 22.1 Å². The second-order valence-electron chi connectivity index (χ2n) is 5.00. The summed E-state index contributed by atoms with van der Waals surface area (Å²) >= 11 is 5.94. The topological polar surface area (TPSA) is 33.5 Å². The third-order valence-corrected chi connectivity index (χ3v) is 3.26. The number of ketones is 1. The molecule has 0 fully saturated rings. The third-order valence-electron chi connectivity index (χ3n) is 2.93. The number of rotatable bonds is 4. The molecule has 7 heteroatoms. The van der Waals surface area contributed by atoms with Crippen LogP contribution in [-0.2, 0) is 6.18 Å². The summed E-state index contributed by atoms with van der Waals surface area (Å²) in [6.45, 7) is 0. The number of halogens is 4. The molecule has 0 spiro atoms. The maximum absolute atomic E-state index is 12.8. The van der Waals surface area contributed by atoms with Gasteiger partial charge in [-0.15, -0.1) is 0 Å². The van der Waals surface area contributed by atoms with Gasteiger partial charge in [-0.3, -0.25) is 4.79 Å². The molecular weight excluding hydrogens is 331 g/mol. The van der Waals surface area contributed by atoms with E-state index in [1.165, 1.54) is 18.2 Å². The second-order valence-corrected chi connectivity index (χ2v) is 5.41. The van der Waals surface area contributed by atoms with Crippen LogP contribution in [0.3, 0.4) is 0 Å². The molecule has 0 aliphatic carbocycles. The smallest absolute Gasteiger partial charge is 0.416 e. The summed E-state index contributed by atoms with van der Waals surface area (Å²) in [6, 6.07) is 5.74. The van der Waals surface area contributed by atoms with E-state index in [9.17, 15) is 18.0 Å². The van der Waals surface area contributed by atoms with E-state index in [4.69, 9.17) is 16.0 Å². The van der Waals surface area contributed by atoms with Crippen LogP contribution in [0.5, 0.6) is 0 Å². The first kappa shape index (κ1) is 17.1. The number of allylic oxidation sites excluding steroid dienone is 1. The molecule has 3 nitrogen and oxygen atoms in total. The van der Waals surface area contributed by atoms with Crippen molar-refractivity contribution in [2.24, 2.45) is 0 Å². The Morgan fingerprint density at radius 3 is 2.52 bits per heavy atom. The minimum absolute atomic E-state index is 0.0200. The van der Waals surface area contributed by atoms with Crippen molar-refractivity contribution in [3.8, 4) is 11.3 Å². The number of nitrogens with zero attached hydrogens (tertiary/aromatic N) is 1. The van der Waals surface area contributed by atoms with Crippen molar-refractivity contribution in [3.05, 3.63) is 59.0 Å². The van der Waals surface area contributed by atoms with Crippen LogP contribution in [0.1, 0.15) is 16.1 Å². The van der Waals surface area contributed by atoms with Crippen LogP contribution < -0.4 is 0 Å². The van der Waals surface area contributed by atoms with Gasteiger partial charge in [0.1, 0.15) is 5.76 Å². The molecule has 0 bridgehead atoms. The molecule has 1 heterocycles. The molecule has 0 saturated heterocycles. The van der Waals surface area contributed by atoms with Crippen molar-refractivity contribution >= 4 is 17.4 Å². The van der Waals surface area contributed by atoms with Gasteiger partial charge in [0.25, 0.3) is 0 Å². The van der Waals surface area contributed by atoms with Crippen LogP contribution in [0, 0.1) is 0 Å². The van der Waals surface area contributed by atoms with Gasteiger partial charge in [-0.05, 0) is 30.3 Å². The second kappa shape index (κ2) is 6.50. The fraction of sp³-hybridized carbons (Fsp3) is 0.188. The Kier molecular flexibility index (Phi) is 4.85. The van der Waals surface area contributed by atoms with Crippen molar-refractivity contribution in [2.75, 3.05) is 14.1 Å². The van der Waals surface area contributed by atoms with Crippen molar-refractivity contribution in [1.82, 2.24) is 4.90 Å². The standard InChI is InChI=1S/C16H13ClF3NO2/c1-21(2)8-7-13(22)15-6-5-14(23-15)11-9-10(16(18,19)20)3-4-12(11)17/h3-9H,1-2H3/b8-7+. The Labute approximate surface area is 136 Å². The lowest BCUT2D eigenvalue weighted by Gasteiger charge is -2.09.